The van der Waals surface area contributed by atoms with Gasteiger partial charge in [0.15, 0.2) is 0 Å². The van der Waals surface area contributed by atoms with Crippen molar-refractivity contribution in [2.24, 2.45) is 0 Å². The Labute approximate surface area is 182 Å². The summed E-state index contributed by atoms with van der Waals surface area (Å²) in [4.78, 5) is 28.9. The highest BCUT2D eigenvalue weighted by molar-refractivity contribution is 6.39. The van der Waals surface area contributed by atoms with E-state index in [9.17, 15) is 9.59 Å². The summed E-state index contributed by atoms with van der Waals surface area (Å²) < 4.78 is 0. The van der Waals surface area contributed by atoms with Crippen LogP contribution in [-0.2, 0) is 16.1 Å². The average molecular weight is 415 g/mol. The van der Waals surface area contributed by atoms with Crippen LogP contribution in [0.3, 0.4) is 0 Å². The van der Waals surface area contributed by atoms with Crippen LogP contribution in [0.4, 0.5) is 17.1 Å². The summed E-state index contributed by atoms with van der Waals surface area (Å²) in [6.45, 7) is 3.48. The topological polar surface area (TPSA) is 64.7 Å². The van der Waals surface area contributed by atoms with E-state index in [1.807, 2.05) is 60.7 Å². The maximum atomic E-state index is 12.6. The van der Waals surface area contributed by atoms with Crippen LogP contribution in [0.15, 0.2) is 84.9 Å². The van der Waals surface area contributed by atoms with Crippen LogP contribution in [0.25, 0.3) is 0 Å². The molecular weight excluding hydrogens is 388 g/mol. The van der Waals surface area contributed by atoms with E-state index in [2.05, 4.69) is 27.7 Å². The van der Waals surface area contributed by atoms with E-state index < -0.39 is 11.8 Å². The highest BCUT2D eigenvalue weighted by Crippen LogP contribution is 2.19. The second-order valence-electron chi connectivity index (χ2n) is 7.58. The minimum Gasteiger partial charge on any atom is -0.356 e. The molecule has 1 saturated heterocycles. The highest BCUT2D eigenvalue weighted by Gasteiger charge is 2.26. The Morgan fingerprint density at radius 1 is 0.677 bits per heavy atom. The van der Waals surface area contributed by atoms with Crippen molar-refractivity contribution in [2.45, 2.75) is 6.54 Å². The number of anilines is 3. The molecule has 6 heteroatoms. The molecule has 0 aliphatic carbocycles. The van der Waals surface area contributed by atoms with Gasteiger partial charge in [-0.05, 0) is 42.0 Å². The van der Waals surface area contributed by atoms with Crippen molar-refractivity contribution in [3.05, 3.63) is 90.5 Å². The van der Waals surface area contributed by atoms with Crippen molar-refractivity contribution >= 4 is 28.9 Å². The van der Waals surface area contributed by atoms with Crippen LogP contribution in [0, 0.1) is 0 Å². The summed E-state index contributed by atoms with van der Waals surface area (Å²) in [5.41, 5.74) is 3.75. The number of carbonyl (C=O) groups is 2. The van der Waals surface area contributed by atoms with Crippen molar-refractivity contribution in [3.8, 4) is 0 Å². The molecule has 0 radical (unpaired) electrons. The molecule has 4 rings (SSSR count). The normalized spacial score (nSPS) is 14.1. The van der Waals surface area contributed by atoms with Gasteiger partial charge in [-0.15, -0.1) is 0 Å². The predicted molar refractivity (Wildman–Crippen MR) is 123 cm³/mol. The van der Waals surface area contributed by atoms with Gasteiger partial charge in [0.1, 0.15) is 0 Å². The Morgan fingerprint density at radius 2 is 1.23 bits per heavy atom. The fraction of sp³-hybridized carbons (Fsp3) is 0.200. The molecule has 2 N–H and O–H groups in total. The summed E-state index contributed by atoms with van der Waals surface area (Å²) in [5, 5.41) is 6.00. The van der Waals surface area contributed by atoms with Gasteiger partial charge in [-0.25, -0.2) is 0 Å². The second-order valence-corrected chi connectivity index (χ2v) is 7.58. The van der Waals surface area contributed by atoms with Crippen molar-refractivity contribution in [1.29, 1.82) is 0 Å². The molecule has 1 fully saturated rings. The number of benzene rings is 3. The van der Waals surface area contributed by atoms with E-state index in [0.717, 1.165) is 31.0 Å². The van der Waals surface area contributed by atoms with E-state index >= 15 is 0 Å². The van der Waals surface area contributed by atoms with Crippen molar-refractivity contribution in [2.75, 3.05) is 36.8 Å². The Balaban J connectivity index is 1.25. The van der Waals surface area contributed by atoms with E-state index in [4.69, 9.17) is 0 Å². The highest BCUT2D eigenvalue weighted by atomic mass is 16.2. The quantitative estimate of drug-likeness (QED) is 0.625. The van der Waals surface area contributed by atoms with Crippen molar-refractivity contribution in [3.63, 3.8) is 0 Å². The summed E-state index contributed by atoms with van der Waals surface area (Å²) >= 11 is 0. The maximum absolute atomic E-state index is 12.6. The molecule has 1 heterocycles. The lowest BCUT2D eigenvalue weighted by atomic mass is 10.2. The van der Waals surface area contributed by atoms with Crippen molar-refractivity contribution < 1.29 is 9.59 Å². The lowest BCUT2D eigenvalue weighted by Gasteiger charge is -2.34. The third-order valence-corrected chi connectivity index (χ3v) is 5.31. The number of hydrogen-bond acceptors (Lipinski definition) is 4. The van der Waals surface area contributed by atoms with Gasteiger partial charge in [0.05, 0.1) is 0 Å². The molecule has 3 aromatic rings. The lowest BCUT2D eigenvalue weighted by molar-refractivity contribution is -0.144. The monoisotopic (exact) mass is 414 g/mol. The molecule has 1 aliphatic heterocycles. The number of carbonyl (C=O) groups excluding carboxylic acids is 2. The van der Waals surface area contributed by atoms with Crippen LogP contribution in [0.5, 0.6) is 0 Å². The first-order chi connectivity index (χ1) is 15.2. The van der Waals surface area contributed by atoms with E-state index in [1.54, 1.807) is 17.0 Å². The van der Waals surface area contributed by atoms with Gasteiger partial charge in [-0.2, -0.15) is 0 Å². The Hall–Kier alpha value is -3.64. The zero-order chi connectivity index (χ0) is 21.5. The van der Waals surface area contributed by atoms with E-state index in [1.165, 1.54) is 5.56 Å². The molecular formula is C25H26N4O2. The Morgan fingerprint density at radius 3 is 1.87 bits per heavy atom. The molecule has 0 bridgehead atoms. The van der Waals surface area contributed by atoms with Crippen LogP contribution in [0.1, 0.15) is 5.56 Å². The summed E-state index contributed by atoms with van der Waals surface area (Å²) in [6.07, 6.45) is 0. The van der Waals surface area contributed by atoms with Crippen LogP contribution < -0.4 is 10.6 Å². The number of nitrogens with one attached hydrogen (secondary N) is 2. The molecule has 158 valence electrons. The first-order valence-corrected chi connectivity index (χ1v) is 10.5. The number of hydrogen-bond donors (Lipinski definition) is 2. The van der Waals surface area contributed by atoms with Gasteiger partial charge in [-0.3, -0.25) is 14.5 Å². The minimum atomic E-state index is -0.597. The third kappa shape index (κ3) is 5.71. The SMILES string of the molecule is O=C(Nc1ccc(Nc2ccccc2)cc1)C(=O)N1CCN(Cc2ccccc2)CC1. The Kier molecular flexibility index (Phi) is 6.59. The first kappa shape index (κ1) is 20.6. The number of nitrogens with zero attached hydrogens (tertiary/aromatic N) is 2. The number of piperazine rings is 1. The molecule has 2 amide bonds. The number of rotatable bonds is 5. The van der Waals surface area contributed by atoms with Gasteiger partial charge < -0.3 is 15.5 Å². The average Bonchev–Trinajstić information content (AvgIpc) is 2.82. The molecule has 31 heavy (non-hydrogen) atoms. The van der Waals surface area contributed by atoms with Crippen molar-refractivity contribution in [1.82, 2.24) is 9.80 Å². The summed E-state index contributed by atoms with van der Waals surface area (Å²) in [5.74, 6) is -1.08. The minimum absolute atomic E-state index is 0.481. The predicted octanol–water partition coefficient (Wildman–Crippen LogP) is 3.71. The first-order valence-electron chi connectivity index (χ1n) is 10.5. The van der Waals surface area contributed by atoms with Crippen LogP contribution >= 0.6 is 0 Å². The van der Waals surface area contributed by atoms with Crippen LogP contribution in [0.2, 0.25) is 0 Å². The zero-order valence-corrected chi connectivity index (χ0v) is 17.3. The molecule has 0 atom stereocenters. The smallest absolute Gasteiger partial charge is 0.313 e. The fourth-order valence-electron chi connectivity index (χ4n) is 3.60. The standard InChI is InChI=1S/C25H26N4O2/c30-24(27-23-13-11-22(12-14-23)26-21-9-5-2-6-10-21)25(31)29-17-15-28(16-18-29)19-20-7-3-1-4-8-20/h1-14,26H,15-19H2,(H,27,30). The number of para-hydroxylation sites is 1. The molecule has 1 aliphatic rings. The van der Waals surface area contributed by atoms with E-state index in [-0.39, 0.29) is 0 Å². The van der Waals surface area contributed by atoms with E-state index in [0.29, 0.717) is 18.8 Å². The fourth-order valence-corrected chi connectivity index (χ4v) is 3.60. The van der Waals surface area contributed by atoms with Gasteiger partial charge in [0.2, 0.25) is 0 Å². The third-order valence-electron chi connectivity index (χ3n) is 5.31. The van der Waals surface area contributed by atoms with Gasteiger partial charge in [0.25, 0.3) is 0 Å². The van der Waals surface area contributed by atoms with Gasteiger partial charge in [0, 0.05) is 49.8 Å². The molecule has 3 aromatic carbocycles. The summed E-state index contributed by atoms with van der Waals surface area (Å²) in [7, 11) is 0. The zero-order valence-electron chi connectivity index (χ0n) is 17.3. The molecule has 0 aromatic heterocycles. The molecule has 0 unspecified atom stereocenters. The largest absolute Gasteiger partial charge is 0.356 e. The summed E-state index contributed by atoms with van der Waals surface area (Å²) in [6, 6.07) is 27.4. The Bertz CT molecular complexity index is 999. The van der Waals surface area contributed by atoms with Gasteiger partial charge in [-0.1, -0.05) is 48.5 Å². The second kappa shape index (κ2) is 9.91. The molecule has 0 saturated carbocycles. The van der Waals surface area contributed by atoms with Gasteiger partial charge >= 0.3 is 11.8 Å². The molecule has 0 spiro atoms. The lowest BCUT2D eigenvalue weighted by Crippen LogP contribution is -2.51. The number of amides is 2. The maximum Gasteiger partial charge on any atom is 0.313 e. The molecule has 6 nitrogen and oxygen atoms in total. The van der Waals surface area contributed by atoms with Crippen LogP contribution in [-0.4, -0.2) is 47.8 Å².